The number of nitrogens with zero attached hydrogens (tertiary/aromatic N) is 2. The van der Waals surface area contributed by atoms with Gasteiger partial charge in [-0.05, 0) is 67.8 Å². The molecule has 2 aromatic carbocycles. The van der Waals surface area contributed by atoms with Crippen LogP contribution in [0.5, 0.6) is 5.75 Å². The van der Waals surface area contributed by atoms with Crippen LogP contribution in [0.15, 0.2) is 53.6 Å². The van der Waals surface area contributed by atoms with Crippen molar-refractivity contribution in [2.24, 2.45) is 0 Å². The fraction of sp³-hybridized carbons (Fsp3) is 0.357. The summed E-state index contributed by atoms with van der Waals surface area (Å²) in [5, 5.41) is 2.10. The van der Waals surface area contributed by atoms with Crippen molar-refractivity contribution < 1.29 is 13.9 Å². The normalized spacial score (nSPS) is 14.7. The number of benzene rings is 2. The molecule has 0 aliphatic carbocycles. The number of fused-ring (bicyclic) bond motifs is 3. The molecule has 7 heteroatoms. The minimum absolute atomic E-state index is 0.216. The highest BCUT2D eigenvalue weighted by molar-refractivity contribution is 7.98. The molecule has 5 rings (SSSR count). The lowest BCUT2D eigenvalue weighted by atomic mass is 9.94. The van der Waals surface area contributed by atoms with Gasteiger partial charge in [0.25, 0.3) is 0 Å². The first-order valence-electron chi connectivity index (χ1n) is 12.0. The SMILES string of the molecule is CCCCOc1ccc(-c2nc(SCc3ccc(F)cc3)c3c4c(sc3n2)COC(C)(C)C4)cc1. The van der Waals surface area contributed by atoms with Crippen LogP contribution < -0.4 is 4.74 Å². The zero-order valence-electron chi connectivity index (χ0n) is 20.3. The van der Waals surface area contributed by atoms with E-state index in [0.29, 0.717) is 18.2 Å². The summed E-state index contributed by atoms with van der Waals surface area (Å²) in [5.74, 6) is 2.06. The highest BCUT2D eigenvalue weighted by Crippen LogP contribution is 2.43. The predicted molar refractivity (Wildman–Crippen MR) is 142 cm³/mol. The number of aromatic nitrogens is 2. The molecule has 182 valence electrons. The third kappa shape index (κ3) is 5.52. The van der Waals surface area contributed by atoms with E-state index in [4.69, 9.17) is 19.4 Å². The van der Waals surface area contributed by atoms with Crippen LogP contribution in [0.3, 0.4) is 0 Å². The van der Waals surface area contributed by atoms with Crippen molar-refractivity contribution in [3.8, 4) is 17.1 Å². The lowest BCUT2D eigenvalue weighted by molar-refractivity contribution is -0.0379. The van der Waals surface area contributed by atoms with Crippen LogP contribution in [0.4, 0.5) is 4.39 Å². The van der Waals surface area contributed by atoms with Crippen molar-refractivity contribution in [2.75, 3.05) is 6.61 Å². The number of halogens is 1. The maximum atomic E-state index is 13.4. The lowest BCUT2D eigenvalue weighted by Crippen LogP contribution is -2.31. The predicted octanol–water partition coefficient (Wildman–Crippen LogP) is 7.82. The molecule has 2 aromatic heterocycles. The van der Waals surface area contributed by atoms with Gasteiger partial charge in [0.15, 0.2) is 5.82 Å². The Balaban J connectivity index is 1.51. The number of hydrogen-bond donors (Lipinski definition) is 0. The molecule has 0 fully saturated rings. The summed E-state index contributed by atoms with van der Waals surface area (Å²) in [6, 6.07) is 14.7. The maximum absolute atomic E-state index is 13.4. The molecule has 4 aromatic rings. The summed E-state index contributed by atoms with van der Waals surface area (Å²) < 4.78 is 25.3. The van der Waals surface area contributed by atoms with E-state index in [1.54, 1.807) is 23.1 Å². The molecule has 0 amide bonds. The average molecular weight is 509 g/mol. The van der Waals surface area contributed by atoms with E-state index in [9.17, 15) is 4.39 Å². The molecule has 1 aliphatic heterocycles. The quantitative estimate of drug-likeness (QED) is 0.138. The Labute approximate surface area is 213 Å². The van der Waals surface area contributed by atoms with Crippen LogP contribution in [0.25, 0.3) is 21.6 Å². The Morgan fingerprint density at radius 3 is 2.60 bits per heavy atom. The van der Waals surface area contributed by atoms with Crippen LogP contribution in [0, 0.1) is 5.82 Å². The van der Waals surface area contributed by atoms with Crippen molar-refractivity contribution in [3.63, 3.8) is 0 Å². The summed E-state index contributed by atoms with van der Waals surface area (Å²) in [7, 11) is 0. The molecule has 35 heavy (non-hydrogen) atoms. The standard InChI is InChI=1S/C28H29FN2O2S2/c1-4-5-14-32-21-12-8-19(9-13-21)25-30-26(34-17-18-6-10-20(29)11-7-18)24-22-15-28(2,3)33-16-23(22)35-27(24)31-25/h6-13H,4-5,14-17H2,1-3H3. The molecule has 0 unspecified atom stereocenters. The Morgan fingerprint density at radius 2 is 1.86 bits per heavy atom. The Bertz CT molecular complexity index is 1320. The molecule has 0 radical (unpaired) electrons. The van der Waals surface area contributed by atoms with Crippen LogP contribution in [-0.4, -0.2) is 22.2 Å². The van der Waals surface area contributed by atoms with E-state index in [1.165, 1.54) is 22.6 Å². The van der Waals surface area contributed by atoms with E-state index >= 15 is 0 Å². The topological polar surface area (TPSA) is 44.2 Å². The zero-order valence-corrected chi connectivity index (χ0v) is 21.9. The summed E-state index contributed by atoms with van der Waals surface area (Å²) in [6.45, 7) is 7.74. The largest absolute Gasteiger partial charge is 0.494 e. The number of hydrogen-bond acceptors (Lipinski definition) is 6. The number of ether oxygens (including phenoxy) is 2. The molecule has 3 heterocycles. The van der Waals surface area contributed by atoms with E-state index in [1.807, 2.05) is 36.4 Å². The zero-order chi connectivity index (χ0) is 24.4. The number of unbranched alkanes of at least 4 members (excludes halogenated alkanes) is 1. The number of thioether (sulfide) groups is 1. The maximum Gasteiger partial charge on any atom is 0.162 e. The Morgan fingerprint density at radius 1 is 1.09 bits per heavy atom. The summed E-state index contributed by atoms with van der Waals surface area (Å²) >= 11 is 3.38. The number of rotatable bonds is 8. The summed E-state index contributed by atoms with van der Waals surface area (Å²) in [6.07, 6.45) is 2.98. The molecule has 0 atom stereocenters. The minimum Gasteiger partial charge on any atom is -0.494 e. The van der Waals surface area contributed by atoms with Gasteiger partial charge in [0.2, 0.25) is 0 Å². The minimum atomic E-state index is -0.221. The average Bonchev–Trinajstić information content (AvgIpc) is 3.21. The molecule has 0 bridgehead atoms. The molecule has 0 spiro atoms. The first-order valence-corrected chi connectivity index (χ1v) is 13.8. The smallest absolute Gasteiger partial charge is 0.162 e. The second-order valence-electron chi connectivity index (χ2n) is 9.40. The second kappa shape index (κ2) is 10.2. The lowest BCUT2D eigenvalue weighted by Gasteiger charge is -2.30. The van der Waals surface area contributed by atoms with Crippen molar-refractivity contribution in [1.82, 2.24) is 9.97 Å². The highest BCUT2D eigenvalue weighted by atomic mass is 32.2. The Hall–Kier alpha value is -2.48. The second-order valence-corrected chi connectivity index (χ2v) is 11.5. The van der Waals surface area contributed by atoms with E-state index < -0.39 is 0 Å². The third-order valence-corrected chi connectivity index (χ3v) is 8.21. The van der Waals surface area contributed by atoms with Crippen LogP contribution >= 0.6 is 23.1 Å². The molecule has 0 saturated carbocycles. The fourth-order valence-corrected chi connectivity index (χ4v) is 6.29. The van der Waals surface area contributed by atoms with Crippen molar-refractivity contribution in [2.45, 2.75) is 63.0 Å². The van der Waals surface area contributed by atoms with Crippen LogP contribution in [0.1, 0.15) is 49.6 Å². The Kier molecular flexibility index (Phi) is 7.09. The van der Waals surface area contributed by atoms with Crippen molar-refractivity contribution in [1.29, 1.82) is 0 Å². The monoisotopic (exact) mass is 508 g/mol. The molecular formula is C28H29FN2O2S2. The van der Waals surface area contributed by atoms with Gasteiger partial charge in [-0.3, -0.25) is 0 Å². The molecule has 1 aliphatic rings. The van der Waals surface area contributed by atoms with Crippen LogP contribution in [0.2, 0.25) is 0 Å². The summed E-state index contributed by atoms with van der Waals surface area (Å²) in [4.78, 5) is 12.2. The van der Waals surface area contributed by atoms with Gasteiger partial charge in [-0.15, -0.1) is 23.1 Å². The van der Waals surface area contributed by atoms with Gasteiger partial charge in [-0.1, -0.05) is 25.5 Å². The number of thiophene rings is 1. The van der Waals surface area contributed by atoms with Gasteiger partial charge in [0.1, 0.15) is 21.4 Å². The molecular weight excluding hydrogens is 479 g/mol. The van der Waals surface area contributed by atoms with Gasteiger partial charge in [0, 0.05) is 28.0 Å². The van der Waals surface area contributed by atoms with Crippen molar-refractivity contribution >= 4 is 33.3 Å². The fourth-order valence-electron chi connectivity index (χ4n) is 4.11. The van der Waals surface area contributed by atoms with Gasteiger partial charge in [0.05, 0.1) is 18.8 Å². The van der Waals surface area contributed by atoms with E-state index in [2.05, 4.69) is 20.8 Å². The molecule has 4 nitrogen and oxygen atoms in total. The van der Waals surface area contributed by atoms with Gasteiger partial charge in [-0.2, -0.15) is 0 Å². The highest BCUT2D eigenvalue weighted by Gasteiger charge is 2.31. The molecule has 0 saturated heterocycles. The first-order chi connectivity index (χ1) is 16.9. The first kappa shape index (κ1) is 24.2. The van der Waals surface area contributed by atoms with E-state index in [-0.39, 0.29) is 11.4 Å². The third-order valence-electron chi connectivity index (χ3n) is 6.07. The van der Waals surface area contributed by atoms with Crippen molar-refractivity contribution in [3.05, 3.63) is 70.4 Å². The van der Waals surface area contributed by atoms with Crippen LogP contribution in [-0.2, 0) is 23.5 Å². The van der Waals surface area contributed by atoms with Gasteiger partial charge < -0.3 is 9.47 Å². The van der Waals surface area contributed by atoms with Gasteiger partial charge >= 0.3 is 0 Å². The van der Waals surface area contributed by atoms with Gasteiger partial charge in [-0.25, -0.2) is 14.4 Å². The van der Waals surface area contributed by atoms with E-state index in [0.717, 1.165) is 58.0 Å². The molecule has 0 N–H and O–H groups in total. The summed E-state index contributed by atoms with van der Waals surface area (Å²) in [5.41, 5.74) is 3.10.